The first kappa shape index (κ1) is 18.5. The zero-order valence-electron chi connectivity index (χ0n) is 17.0. The maximum atomic E-state index is 13.2. The number of aryl methyl sites for hydroxylation is 1. The number of carbonyl (C=O) groups excluding carboxylic acids is 1. The molecule has 2 aromatic rings. The third-order valence-electron chi connectivity index (χ3n) is 6.52. The fraction of sp³-hybridized carbons (Fsp3) is 0.682. The fourth-order valence-corrected chi connectivity index (χ4v) is 4.80. The predicted molar refractivity (Wildman–Crippen MR) is 107 cm³/mol. The lowest BCUT2D eigenvalue weighted by atomic mass is 9.86. The van der Waals surface area contributed by atoms with E-state index in [-0.39, 0.29) is 11.4 Å². The maximum absolute atomic E-state index is 13.2. The zero-order chi connectivity index (χ0) is 19.0. The summed E-state index contributed by atoms with van der Waals surface area (Å²) >= 11 is 0. The van der Waals surface area contributed by atoms with Crippen LogP contribution in [0.4, 0.5) is 0 Å². The van der Waals surface area contributed by atoms with Crippen molar-refractivity contribution in [3.05, 3.63) is 29.2 Å². The van der Waals surface area contributed by atoms with Gasteiger partial charge in [0.05, 0.1) is 0 Å². The van der Waals surface area contributed by atoms with Gasteiger partial charge >= 0.3 is 0 Å². The van der Waals surface area contributed by atoms with Crippen LogP contribution in [-0.4, -0.2) is 37.5 Å². The van der Waals surface area contributed by atoms with Gasteiger partial charge in [-0.3, -0.25) is 4.79 Å². The van der Waals surface area contributed by atoms with Crippen molar-refractivity contribution in [1.29, 1.82) is 0 Å². The van der Waals surface area contributed by atoms with Gasteiger partial charge in [-0.2, -0.15) is 5.10 Å². The number of nitrogens with zero attached hydrogens (tertiary/aromatic N) is 4. The Morgan fingerprint density at radius 1 is 1.15 bits per heavy atom. The Balaban J connectivity index is 1.69. The summed E-state index contributed by atoms with van der Waals surface area (Å²) in [6.45, 7) is 7.30. The van der Waals surface area contributed by atoms with Crippen LogP contribution in [-0.2, 0) is 6.42 Å². The Morgan fingerprint density at radius 3 is 2.63 bits per heavy atom. The van der Waals surface area contributed by atoms with Crippen molar-refractivity contribution in [2.24, 2.45) is 0 Å². The molecule has 2 aliphatic rings. The molecule has 4 rings (SSSR count). The lowest BCUT2D eigenvalue weighted by Crippen LogP contribution is -2.50. The normalized spacial score (nSPS) is 20.9. The van der Waals surface area contributed by atoms with Crippen LogP contribution in [0.15, 0.2) is 12.1 Å². The topological polar surface area (TPSA) is 50.5 Å². The van der Waals surface area contributed by atoms with Gasteiger partial charge in [0.1, 0.15) is 0 Å². The Morgan fingerprint density at radius 2 is 1.93 bits per heavy atom. The van der Waals surface area contributed by atoms with E-state index < -0.39 is 0 Å². The van der Waals surface area contributed by atoms with Crippen molar-refractivity contribution in [2.45, 2.75) is 90.0 Å². The number of likely N-dealkylation sites (tertiary alicyclic amines) is 1. The van der Waals surface area contributed by atoms with Gasteiger partial charge in [-0.1, -0.05) is 26.2 Å². The molecular weight excluding hydrogens is 336 g/mol. The number of hydrogen-bond acceptors (Lipinski definition) is 3. The molecule has 0 unspecified atom stereocenters. The van der Waals surface area contributed by atoms with E-state index in [1.54, 1.807) is 0 Å². The zero-order valence-corrected chi connectivity index (χ0v) is 17.0. The van der Waals surface area contributed by atoms with Gasteiger partial charge in [-0.25, -0.2) is 9.50 Å². The number of amides is 1. The summed E-state index contributed by atoms with van der Waals surface area (Å²) in [5.74, 6) is 0.607. The number of piperidine rings is 1. The van der Waals surface area contributed by atoms with Gasteiger partial charge in [0, 0.05) is 35.5 Å². The van der Waals surface area contributed by atoms with E-state index >= 15 is 0 Å². The molecule has 1 aliphatic heterocycles. The largest absolute Gasteiger partial charge is 0.332 e. The van der Waals surface area contributed by atoms with Gasteiger partial charge in [0.25, 0.3) is 5.91 Å². The molecule has 2 aromatic heterocycles. The SMILES string of the molecule is CCc1cc(C2CCCCC2)nc2cc(C(=O)N3CCCCC3(C)C)nn12. The van der Waals surface area contributed by atoms with Crippen LogP contribution in [0.1, 0.15) is 99.9 Å². The quantitative estimate of drug-likeness (QED) is 0.786. The van der Waals surface area contributed by atoms with Gasteiger partial charge in [0.2, 0.25) is 0 Å². The Kier molecular flexibility index (Phi) is 4.95. The minimum atomic E-state index is -0.0978. The van der Waals surface area contributed by atoms with E-state index in [4.69, 9.17) is 4.98 Å². The number of carbonyl (C=O) groups is 1. The van der Waals surface area contributed by atoms with Crippen molar-refractivity contribution >= 4 is 11.6 Å². The van der Waals surface area contributed by atoms with E-state index in [0.717, 1.165) is 37.1 Å². The van der Waals surface area contributed by atoms with Gasteiger partial charge in [-0.05, 0) is 58.4 Å². The third kappa shape index (κ3) is 3.48. The minimum Gasteiger partial charge on any atom is -0.332 e. The van der Waals surface area contributed by atoms with Crippen LogP contribution >= 0.6 is 0 Å². The van der Waals surface area contributed by atoms with E-state index in [9.17, 15) is 4.79 Å². The van der Waals surface area contributed by atoms with E-state index in [1.807, 2.05) is 15.5 Å². The summed E-state index contributed by atoms with van der Waals surface area (Å²) in [4.78, 5) is 20.1. The van der Waals surface area contributed by atoms with Crippen molar-refractivity contribution in [1.82, 2.24) is 19.5 Å². The van der Waals surface area contributed by atoms with Crippen LogP contribution in [0.5, 0.6) is 0 Å². The van der Waals surface area contributed by atoms with Gasteiger partial charge < -0.3 is 4.90 Å². The molecule has 1 aliphatic carbocycles. The molecule has 27 heavy (non-hydrogen) atoms. The van der Waals surface area contributed by atoms with Crippen molar-refractivity contribution in [2.75, 3.05) is 6.54 Å². The second-order valence-electron chi connectivity index (χ2n) is 8.89. The lowest BCUT2D eigenvalue weighted by molar-refractivity contribution is 0.0427. The maximum Gasteiger partial charge on any atom is 0.274 e. The van der Waals surface area contributed by atoms with E-state index in [1.165, 1.54) is 44.2 Å². The molecule has 0 atom stereocenters. The first-order valence-corrected chi connectivity index (χ1v) is 10.7. The smallest absolute Gasteiger partial charge is 0.274 e. The van der Waals surface area contributed by atoms with Crippen LogP contribution in [0.25, 0.3) is 5.65 Å². The first-order chi connectivity index (χ1) is 13.0. The molecule has 5 nitrogen and oxygen atoms in total. The van der Waals surface area contributed by atoms with E-state index in [0.29, 0.717) is 11.6 Å². The highest BCUT2D eigenvalue weighted by Crippen LogP contribution is 2.33. The summed E-state index contributed by atoms with van der Waals surface area (Å²) in [6, 6.07) is 4.12. The Hall–Kier alpha value is -1.91. The highest BCUT2D eigenvalue weighted by Gasteiger charge is 2.35. The average Bonchev–Trinajstić information content (AvgIpc) is 3.11. The molecule has 0 N–H and O–H groups in total. The van der Waals surface area contributed by atoms with Gasteiger partial charge in [-0.15, -0.1) is 0 Å². The summed E-state index contributed by atoms with van der Waals surface area (Å²) in [6.07, 6.45) is 10.6. The Labute approximate surface area is 162 Å². The molecular formula is C22H32N4O. The summed E-state index contributed by atoms with van der Waals surface area (Å²) in [5.41, 5.74) is 3.61. The monoisotopic (exact) mass is 368 g/mol. The molecule has 3 heterocycles. The average molecular weight is 369 g/mol. The molecule has 146 valence electrons. The minimum absolute atomic E-state index is 0.0477. The fourth-order valence-electron chi connectivity index (χ4n) is 4.80. The molecule has 0 radical (unpaired) electrons. The predicted octanol–water partition coefficient (Wildman–Crippen LogP) is 4.74. The van der Waals surface area contributed by atoms with Gasteiger partial charge in [0.15, 0.2) is 11.3 Å². The molecule has 0 aromatic carbocycles. The molecule has 0 spiro atoms. The van der Waals surface area contributed by atoms with Crippen LogP contribution in [0, 0.1) is 0 Å². The standard InChI is InChI=1S/C22H32N4O/c1-4-17-14-18(16-10-6-5-7-11-16)23-20-15-19(24-26(17)20)21(27)25-13-9-8-12-22(25,2)3/h14-16H,4-13H2,1-3H3. The molecule has 5 heteroatoms. The highest BCUT2D eigenvalue weighted by molar-refractivity contribution is 5.94. The summed E-state index contributed by atoms with van der Waals surface area (Å²) < 4.78 is 1.89. The van der Waals surface area contributed by atoms with Crippen molar-refractivity contribution < 1.29 is 4.79 Å². The second kappa shape index (κ2) is 7.25. The Bertz CT molecular complexity index is 832. The van der Waals surface area contributed by atoms with Crippen LogP contribution < -0.4 is 0 Å². The highest BCUT2D eigenvalue weighted by atomic mass is 16.2. The molecule has 0 bridgehead atoms. The molecule has 1 saturated carbocycles. The number of fused-ring (bicyclic) bond motifs is 1. The number of hydrogen-bond donors (Lipinski definition) is 0. The second-order valence-corrected chi connectivity index (χ2v) is 8.89. The number of rotatable bonds is 3. The third-order valence-corrected chi connectivity index (χ3v) is 6.52. The lowest BCUT2D eigenvalue weighted by Gasteiger charge is -2.42. The first-order valence-electron chi connectivity index (χ1n) is 10.7. The van der Waals surface area contributed by atoms with E-state index in [2.05, 4.69) is 31.9 Å². The van der Waals surface area contributed by atoms with Crippen LogP contribution in [0.2, 0.25) is 0 Å². The number of aromatic nitrogens is 3. The molecule has 1 saturated heterocycles. The summed E-state index contributed by atoms with van der Waals surface area (Å²) in [7, 11) is 0. The molecule has 2 fully saturated rings. The van der Waals surface area contributed by atoms with Crippen molar-refractivity contribution in [3.63, 3.8) is 0 Å². The van der Waals surface area contributed by atoms with Crippen LogP contribution in [0.3, 0.4) is 0 Å². The summed E-state index contributed by atoms with van der Waals surface area (Å²) in [5, 5.41) is 4.67. The molecule has 1 amide bonds. The van der Waals surface area contributed by atoms with Crippen molar-refractivity contribution in [3.8, 4) is 0 Å².